The maximum absolute atomic E-state index is 5.81. The molecule has 2 N–H and O–H groups in total. The normalized spacial score (nSPS) is 39.3. The molecule has 1 aliphatic heterocycles. The van der Waals surface area contributed by atoms with E-state index in [1.54, 1.807) is 0 Å². The van der Waals surface area contributed by atoms with Gasteiger partial charge in [0.15, 0.2) is 0 Å². The summed E-state index contributed by atoms with van der Waals surface area (Å²) in [6.07, 6.45) is 1.38. The molecule has 0 radical (unpaired) electrons. The molecule has 0 aromatic heterocycles. The van der Waals surface area contributed by atoms with Crippen LogP contribution < -0.4 is 5.73 Å². The van der Waals surface area contributed by atoms with Gasteiger partial charge in [-0.05, 0) is 26.3 Å². The van der Waals surface area contributed by atoms with E-state index in [2.05, 4.69) is 18.9 Å². The Kier molecular flexibility index (Phi) is 1.15. The van der Waals surface area contributed by atoms with Crippen molar-refractivity contribution >= 4 is 0 Å². The summed E-state index contributed by atoms with van der Waals surface area (Å²) in [5.41, 5.74) is 6.49. The quantitative estimate of drug-likeness (QED) is 0.567. The number of nitrogens with two attached hydrogens (primary N) is 1. The fourth-order valence-corrected chi connectivity index (χ4v) is 2.52. The Labute approximate surface area is 62.4 Å². The summed E-state index contributed by atoms with van der Waals surface area (Å²) in [4.78, 5) is 2.38. The summed E-state index contributed by atoms with van der Waals surface area (Å²) < 4.78 is 0. The zero-order valence-electron chi connectivity index (χ0n) is 6.80. The molecule has 0 bridgehead atoms. The number of nitrogens with zero attached hydrogens (tertiary/aromatic N) is 1. The molecule has 2 atom stereocenters. The van der Waals surface area contributed by atoms with Crippen molar-refractivity contribution in [2.45, 2.75) is 19.4 Å². The number of likely N-dealkylation sites (tertiary alicyclic amines) is 1. The molecule has 1 saturated heterocycles. The topological polar surface area (TPSA) is 29.3 Å². The van der Waals surface area contributed by atoms with Gasteiger partial charge in [0.05, 0.1) is 0 Å². The van der Waals surface area contributed by atoms with Crippen LogP contribution >= 0.6 is 0 Å². The zero-order valence-corrected chi connectivity index (χ0v) is 6.80. The molecule has 0 aromatic carbocycles. The number of rotatable bonds is 1. The minimum Gasteiger partial charge on any atom is -0.328 e. The van der Waals surface area contributed by atoms with Crippen molar-refractivity contribution in [1.29, 1.82) is 0 Å². The van der Waals surface area contributed by atoms with Crippen LogP contribution in [0.2, 0.25) is 0 Å². The van der Waals surface area contributed by atoms with Crippen LogP contribution in [0.25, 0.3) is 0 Å². The van der Waals surface area contributed by atoms with Gasteiger partial charge in [0.25, 0.3) is 0 Å². The predicted molar refractivity (Wildman–Crippen MR) is 41.7 cm³/mol. The van der Waals surface area contributed by atoms with Crippen molar-refractivity contribution < 1.29 is 0 Å². The lowest BCUT2D eigenvalue weighted by molar-refractivity contribution is 0.0958. The molecular weight excluding hydrogens is 124 g/mol. The molecule has 2 heteroatoms. The second-order valence-corrected chi connectivity index (χ2v) is 4.20. The highest BCUT2D eigenvalue weighted by Gasteiger charge is 2.61. The lowest BCUT2D eigenvalue weighted by Gasteiger charge is -2.38. The van der Waals surface area contributed by atoms with Gasteiger partial charge in [-0.1, -0.05) is 0 Å². The van der Waals surface area contributed by atoms with Crippen molar-refractivity contribution in [3.05, 3.63) is 0 Å². The van der Waals surface area contributed by atoms with Gasteiger partial charge in [-0.3, -0.25) is 0 Å². The summed E-state index contributed by atoms with van der Waals surface area (Å²) >= 11 is 0. The van der Waals surface area contributed by atoms with Gasteiger partial charge < -0.3 is 10.6 Å². The van der Waals surface area contributed by atoms with Crippen molar-refractivity contribution in [3.8, 4) is 0 Å². The largest absolute Gasteiger partial charge is 0.328 e. The highest BCUT2D eigenvalue weighted by Crippen LogP contribution is 2.59. The number of hydrogen-bond donors (Lipinski definition) is 1. The monoisotopic (exact) mass is 140 g/mol. The standard InChI is InChI=1S/C8H16N2/c1-6(9)7-3-8(7)4-10(2)5-8/h6-7H,3-5,9H2,1-2H3. The van der Waals surface area contributed by atoms with Crippen molar-refractivity contribution in [1.82, 2.24) is 4.90 Å². The van der Waals surface area contributed by atoms with Crippen LogP contribution in [0.1, 0.15) is 13.3 Å². The Balaban J connectivity index is 1.90. The van der Waals surface area contributed by atoms with E-state index in [1.807, 2.05) is 0 Å². The average Bonchev–Trinajstić information content (AvgIpc) is 2.40. The molecule has 1 spiro atoms. The van der Waals surface area contributed by atoms with Crippen LogP contribution in [0.3, 0.4) is 0 Å². The van der Waals surface area contributed by atoms with Crippen molar-refractivity contribution in [2.75, 3.05) is 20.1 Å². The molecular formula is C8H16N2. The lowest BCUT2D eigenvalue weighted by Crippen LogP contribution is -2.48. The van der Waals surface area contributed by atoms with Gasteiger partial charge in [-0.15, -0.1) is 0 Å². The summed E-state index contributed by atoms with van der Waals surface area (Å²) in [5, 5.41) is 0. The molecule has 58 valence electrons. The minimum absolute atomic E-state index is 0.425. The van der Waals surface area contributed by atoms with Gasteiger partial charge in [-0.25, -0.2) is 0 Å². The fourth-order valence-electron chi connectivity index (χ4n) is 2.52. The summed E-state index contributed by atoms with van der Waals surface area (Å²) in [6.45, 7) is 4.72. The van der Waals surface area contributed by atoms with Crippen molar-refractivity contribution in [2.24, 2.45) is 17.1 Å². The van der Waals surface area contributed by atoms with Crippen LogP contribution in [0.15, 0.2) is 0 Å². The smallest absolute Gasteiger partial charge is 0.00508 e. The van der Waals surface area contributed by atoms with E-state index < -0.39 is 0 Å². The van der Waals surface area contributed by atoms with Gasteiger partial charge >= 0.3 is 0 Å². The molecule has 1 saturated carbocycles. The zero-order chi connectivity index (χ0) is 7.35. The van der Waals surface area contributed by atoms with Crippen LogP contribution in [-0.2, 0) is 0 Å². The molecule has 10 heavy (non-hydrogen) atoms. The molecule has 0 aromatic rings. The third-order valence-electron chi connectivity index (χ3n) is 3.06. The average molecular weight is 140 g/mol. The third kappa shape index (κ3) is 0.722. The first-order valence-electron chi connectivity index (χ1n) is 4.08. The van der Waals surface area contributed by atoms with E-state index in [4.69, 9.17) is 5.73 Å². The molecule has 2 rings (SSSR count). The highest BCUT2D eigenvalue weighted by molar-refractivity contribution is 5.13. The Morgan fingerprint density at radius 2 is 2.20 bits per heavy atom. The van der Waals surface area contributed by atoms with E-state index in [0.29, 0.717) is 11.5 Å². The Morgan fingerprint density at radius 1 is 1.60 bits per heavy atom. The Morgan fingerprint density at radius 3 is 2.50 bits per heavy atom. The number of hydrogen-bond acceptors (Lipinski definition) is 2. The third-order valence-corrected chi connectivity index (χ3v) is 3.06. The van der Waals surface area contributed by atoms with Crippen LogP contribution in [0.4, 0.5) is 0 Å². The summed E-state index contributed by atoms with van der Waals surface area (Å²) in [7, 11) is 2.18. The SMILES string of the molecule is CC(N)C1CC12CN(C)C2. The molecule has 2 fully saturated rings. The second kappa shape index (κ2) is 1.74. The maximum atomic E-state index is 5.81. The Bertz CT molecular complexity index is 147. The predicted octanol–water partition coefficient (Wildman–Crippen LogP) is 0.285. The van der Waals surface area contributed by atoms with E-state index in [-0.39, 0.29) is 0 Å². The van der Waals surface area contributed by atoms with Gasteiger partial charge in [0, 0.05) is 24.5 Å². The van der Waals surface area contributed by atoms with Crippen molar-refractivity contribution in [3.63, 3.8) is 0 Å². The van der Waals surface area contributed by atoms with E-state index in [1.165, 1.54) is 19.5 Å². The lowest BCUT2D eigenvalue weighted by atomic mass is 9.92. The first kappa shape index (κ1) is 6.62. The fraction of sp³-hybridized carbons (Fsp3) is 1.00. The first-order valence-corrected chi connectivity index (χ1v) is 4.08. The molecule has 2 aliphatic rings. The van der Waals surface area contributed by atoms with E-state index in [9.17, 15) is 0 Å². The molecule has 1 aliphatic carbocycles. The van der Waals surface area contributed by atoms with Gasteiger partial charge in [-0.2, -0.15) is 0 Å². The first-order chi connectivity index (χ1) is 4.64. The minimum atomic E-state index is 0.425. The molecule has 1 heterocycles. The van der Waals surface area contributed by atoms with E-state index in [0.717, 1.165) is 5.92 Å². The van der Waals surface area contributed by atoms with Crippen LogP contribution in [0.5, 0.6) is 0 Å². The van der Waals surface area contributed by atoms with E-state index >= 15 is 0 Å². The highest BCUT2D eigenvalue weighted by atomic mass is 15.2. The van der Waals surface area contributed by atoms with Crippen LogP contribution in [-0.4, -0.2) is 31.1 Å². The second-order valence-electron chi connectivity index (χ2n) is 4.20. The van der Waals surface area contributed by atoms with Gasteiger partial charge in [0.1, 0.15) is 0 Å². The Hall–Kier alpha value is -0.0800. The molecule has 0 amide bonds. The maximum Gasteiger partial charge on any atom is 0.00508 e. The molecule has 2 unspecified atom stereocenters. The van der Waals surface area contributed by atoms with Crippen LogP contribution in [0, 0.1) is 11.3 Å². The summed E-state index contributed by atoms with van der Waals surface area (Å²) in [5.74, 6) is 0.837. The summed E-state index contributed by atoms with van der Waals surface area (Å²) in [6, 6.07) is 0.425. The molecule has 2 nitrogen and oxygen atoms in total. The van der Waals surface area contributed by atoms with Gasteiger partial charge in [0.2, 0.25) is 0 Å².